The fourth-order valence-corrected chi connectivity index (χ4v) is 4.94. The maximum Gasteiger partial charge on any atom is 0.418 e. The largest absolute Gasteiger partial charge is 0.418 e. The van der Waals surface area contributed by atoms with Crippen molar-refractivity contribution in [2.24, 2.45) is 0 Å². The lowest BCUT2D eigenvalue weighted by Gasteiger charge is -2.37. The van der Waals surface area contributed by atoms with Gasteiger partial charge in [-0.05, 0) is 84.0 Å². The summed E-state index contributed by atoms with van der Waals surface area (Å²) >= 11 is 0. The molecule has 9 heteroatoms. The van der Waals surface area contributed by atoms with E-state index in [2.05, 4.69) is 20.1 Å². The number of likely N-dealkylation sites (tertiary alicyclic amines) is 1. The second-order valence-corrected chi connectivity index (χ2v) is 8.66. The van der Waals surface area contributed by atoms with E-state index in [1.54, 1.807) is 12.1 Å². The maximum absolute atomic E-state index is 13.0. The Hall–Kier alpha value is -2.65. The van der Waals surface area contributed by atoms with Crippen molar-refractivity contribution < 1.29 is 22.9 Å². The van der Waals surface area contributed by atoms with Gasteiger partial charge in [-0.1, -0.05) is 18.2 Å². The molecular formula is C23H25F3N4O2. The summed E-state index contributed by atoms with van der Waals surface area (Å²) in [6, 6.07) is 10.2. The molecule has 1 atom stereocenters. The second kappa shape index (κ2) is 8.37. The number of aliphatic hydroxyl groups is 1. The van der Waals surface area contributed by atoms with Gasteiger partial charge in [0, 0.05) is 19.1 Å². The van der Waals surface area contributed by atoms with Gasteiger partial charge in [0.15, 0.2) is 11.6 Å². The van der Waals surface area contributed by atoms with Gasteiger partial charge in [-0.3, -0.25) is 0 Å². The van der Waals surface area contributed by atoms with Gasteiger partial charge < -0.3 is 14.9 Å². The Morgan fingerprint density at radius 1 is 0.969 bits per heavy atom. The third kappa shape index (κ3) is 4.06. The van der Waals surface area contributed by atoms with E-state index in [0.717, 1.165) is 31.6 Å². The summed E-state index contributed by atoms with van der Waals surface area (Å²) in [5.41, 5.74) is 3.17. The van der Waals surface area contributed by atoms with E-state index in [-0.39, 0.29) is 5.56 Å². The van der Waals surface area contributed by atoms with Crippen LogP contribution in [0, 0.1) is 0 Å². The SMILES string of the molecule is OC(c1cccc(-c2cc(N3CCC(N4CCCC4)CC3)c3nonc3c2)c1)C(F)(F)F. The zero-order chi connectivity index (χ0) is 22.3. The van der Waals surface area contributed by atoms with Crippen LogP contribution in [-0.2, 0) is 0 Å². The molecule has 0 radical (unpaired) electrons. The van der Waals surface area contributed by atoms with Crippen molar-refractivity contribution >= 4 is 16.7 Å². The second-order valence-electron chi connectivity index (χ2n) is 8.66. The first-order valence-corrected chi connectivity index (χ1v) is 11.0. The van der Waals surface area contributed by atoms with Gasteiger partial charge in [0.25, 0.3) is 0 Å². The molecule has 170 valence electrons. The number of piperidine rings is 1. The highest BCUT2D eigenvalue weighted by molar-refractivity contribution is 5.92. The van der Waals surface area contributed by atoms with Crippen molar-refractivity contribution in [2.75, 3.05) is 31.1 Å². The summed E-state index contributed by atoms with van der Waals surface area (Å²) in [6.45, 7) is 4.11. The Balaban J connectivity index is 1.44. The van der Waals surface area contributed by atoms with Crippen LogP contribution in [-0.4, -0.2) is 58.7 Å². The molecule has 1 N–H and O–H groups in total. The maximum atomic E-state index is 13.0. The summed E-state index contributed by atoms with van der Waals surface area (Å²) < 4.78 is 44.0. The Morgan fingerprint density at radius 2 is 1.72 bits per heavy atom. The van der Waals surface area contributed by atoms with E-state index in [9.17, 15) is 18.3 Å². The van der Waals surface area contributed by atoms with E-state index in [1.807, 2.05) is 6.07 Å². The first kappa shape index (κ1) is 21.2. The molecule has 1 unspecified atom stereocenters. The molecule has 5 rings (SSSR count). The number of aliphatic hydroxyl groups excluding tert-OH is 1. The minimum atomic E-state index is -4.72. The lowest BCUT2D eigenvalue weighted by Crippen LogP contribution is -2.43. The summed E-state index contributed by atoms with van der Waals surface area (Å²) in [5, 5.41) is 17.7. The fraction of sp³-hybridized carbons (Fsp3) is 0.478. The molecular weight excluding hydrogens is 421 g/mol. The molecule has 0 aliphatic carbocycles. The van der Waals surface area contributed by atoms with E-state index < -0.39 is 12.3 Å². The molecule has 0 amide bonds. The zero-order valence-electron chi connectivity index (χ0n) is 17.6. The Bertz CT molecular complexity index is 1090. The Labute approximate surface area is 183 Å². The van der Waals surface area contributed by atoms with E-state index in [1.165, 1.54) is 44.1 Å². The predicted octanol–water partition coefficient (Wildman–Crippen LogP) is 4.55. The predicted molar refractivity (Wildman–Crippen MR) is 114 cm³/mol. The number of aromatic nitrogens is 2. The van der Waals surface area contributed by atoms with Crippen LogP contribution in [0.1, 0.15) is 37.4 Å². The molecule has 0 bridgehead atoms. The minimum absolute atomic E-state index is 0.193. The average Bonchev–Trinajstić information content (AvgIpc) is 3.50. The number of rotatable bonds is 4. The summed E-state index contributed by atoms with van der Waals surface area (Å²) in [4.78, 5) is 4.84. The molecule has 2 fully saturated rings. The van der Waals surface area contributed by atoms with Crippen LogP contribution >= 0.6 is 0 Å². The summed E-state index contributed by atoms with van der Waals surface area (Å²) in [5.74, 6) is 0. The highest BCUT2D eigenvalue weighted by Crippen LogP contribution is 2.37. The first-order chi connectivity index (χ1) is 15.4. The molecule has 32 heavy (non-hydrogen) atoms. The number of benzene rings is 2. The number of hydrogen-bond acceptors (Lipinski definition) is 6. The van der Waals surface area contributed by atoms with Crippen molar-refractivity contribution in [1.82, 2.24) is 15.2 Å². The normalized spacial score (nSPS) is 19.7. The monoisotopic (exact) mass is 446 g/mol. The molecule has 2 aliphatic heterocycles. The van der Waals surface area contributed by atoms with Crippen molar-refractivity contribution in [3.63, 3.8) is 0 Å². The lowest BCUT2D eigenvalue weighted by molar-refractivity contribution is -0.206. The summed E-state index contributed by atoms with van der Waals surface area (Å²) in [7, 11) is 0. The smallest absolute Gasteiger partial charge is 0.379 e. The number of fused-ring (bicyclic) bond motifs is 1. The van der Waals surface area contributed by atoms with Crippen LogP contribution in [0.4, 0.5) is 18.9 Å². The molecule has 3 aromatic rings. The van der Waals surface area contributed by atoms with Crippen LogP contribution in [0.25, 0.3) is 22.2 Å². The third-order valence-corrected chi connectivity index (χ3v) is 6.65. The molecule has 0 spiro atoms. The van der Waals surface area contributed by atoms with Gasteiger partial charge in [-0.15, -0.1) is 0 Å². The number of nitrogens with zero attached hydrogens (tertiary/aromatic N) is 4. The highest BCUT2D eigenvalue weighted by atomic mass is 19.4. The van der Waals surface area contributed by atoms with Gasteiger partial charge >= 0.3 is 6.18 Å². The summed E-state index contributed by atoms with van der Waals surface area (Å²) in [6.07, 6.45) is -2.58. The topological polar surface area (TPSA) is 65.6 Å². The number of halogens is 3. The molecule has 3 heterocycles. The quantitative estimate of drug-likeness (QED) is 0.634. The first-order valence-electron chi connectivity index (χ1n) is 11.0. The molecule has 2 aromatic carbocycles. The lowest BCUT2D eigenvalue weighted by atomic mass is 9.98. The number of anilines is 1. The van der Waals surface area contributed by atoms with Gasteiger partial charge in [0.05, 0.1) is 5.69 Å². The average molecular weight is 446 g/mol. The van der Waals surface area contributed by atoms with Gasteiger partial charge in [0.1, 0.15) is 5.52 Å². The Morgan fingerprint density at radius 3 is 2.44 bits per heavy atom. The fourth-order valence-electron chi connectivity index (χ4n) is 4.94. The molecule has 6 nitrogen and oxygen atoms in total. The standard InChI is InChI=1S/C23H25F3N4O2/c24-23(25,26)22(31)16-5-3-4-15(12-16)17-13-19-21(28-32-27-19)20(14-17)30-10-6-18(7-11-30)29-8-1-2-9-29/h3-5,12-14,18,22,31H,1-2,6-11H2. The molecule has 0 saturated carbocycles. The highest BCUT2D eigenvalue weighted by Gasteiger charge is 2.39. The van der Waals surface area contributed by atoms with Crippen LogP contribution in [0.2, 0.25) is 0 Å². The molecule has 1 aromatic heterocycles. The van der Waals surface area contributed by atoms with Crippen molar-refractivity contribution in [2.45, 2.75) is 44.0 Å². The van der Waals surface area contributed by atoms with Gasteiger partial charge in [-0.25, -0.2) is 4.63 Å². The van der Waals surface area contributed by atoms with Crippen molar-refractivity contribution in [1.29, 1.82) is 0 Å². The van der Waals surface area contributed by atoms with E-state index in [0.29, 0.717) is 28.2 Å². The van der Waals surface area contributed by atoms with Crippen LogP contribution < -0.4 is 4.90 Å². The Kier molecular flexibility index (Phi) is 5.54. The zero-order valence-corrected chi connectivity index (χ0v) is 17.6. The van der Waals surface area contributed by atoms with Crippen molar-refractivity contribution in [3.05, 3.63) is 42.0 Å². The third-order valence-electron chi connectivity index (χ3n) is 6.65. The number of hydrogen-bond donors (Lipinski definition) is 1. The van der Waals surface area contributed by atoms with E-state index >= 15 is 0 Å². The van der Waals surface area contributed by atoms with Gasteiger partial charge in [0.2, 0.25) is 0 Å². The van der Waals surface area contributed by atoms with Crippen LogP contribution in [0.15, 0.2) is 41.0 Å². The van der Waals surface area contributed by atoms with Crippen LogP contribution in [0.3, 0.4) is 0 Å². The molecule has 2 aliphatic rings. The van der Waals surface area contributed by atoms with Crippen LogP contribution in [0.5, 0.6) is 0 Å². The van der Waals surface area contributed by atoms with Crippen molar-refractivity contribution in [3.8, 4) is 11.1 Å². The minimum Gasteiger partial charge on any atom is -0.379 e. The molecule has 2 saturated heterocycles. The van der Waals surface area contributed by atoms with Gasteiger partial charge in [-0.2, -0.15) is 13.2 Å². The van der Waals surface area contributed by atoms with E-state index in [4.69, 9.17) is 4.63 Å². The number of alkyl halides is 3.